The number of nitrogens with two attached hydrogens (primary N) is 1. The number of anilines is 1. The highest BCUT2D eigenvalue weighted by atomic mass is 32.1. The highest BCUT2D eigenvalue weighted by Gasteiger charge is 2.10. The smallest absolute Gasteiger partial charge is 0.242 e. The number of hydrazine groups is 1. The van der Waals surface area contributed by atoms with E-state index in [2.05, 4.69) is 15.4 Å². The molecule has 3 rings (SSSR count). The second kappa shape index (κ2) is 4.79. The minimum absolute atomic E-state index is 0.267. The van der Waals surface area contributed by atoms with E-state index in [1.807, 2.05) is 11.4 Å². The first-order chi connectivity index (χ1) is 9.26. The monoisotopic (exact) mass is 276 g/mol. The number of fused-ring (bicyclic) bond motifs is 1. The van der Waals surface area contributed by atoms with Gasteiger partial charge in [-0.1, -0.05) is 0 Å². The Bertz CT molecular complexity index is 713. The maximum atomic E-state index is 12.8. The van der Waals surface area contributed by atoms with E-state index in [1.54, 1.807) is 0 Å². The van der Waals surface area contributed by atoms with E-state index in [4.69, 9.17) is 10.6 Å². The highest BCUT2D eigenvalue weighted by molar-refractivity contribution is 7.17. The lowest BCUT2D eigenvalue weighted by atomic mass is 10.3. The third kappa shape index (κ3) is 2.33. The van der Waals surface area contributed by atoms with E-state index in [-0.39, 0.29) is 11.8 Å². The van der Waals surface area contributed by atoms with Crippen LogP contribution in [0, 0.1) is 5.82 Å². The Kier molecular flexibility index (Phi) is 2.98. The Labute approximate surface area is 111 Å². The van der Waals surface area contributed by atoms with Gasteiger partial charge >= 0.3 is 0 Å². The minimum atomic E-state index is -0.319. The summed E-state index contributed by atoms with van der Waals surface area (Å²) in [7, 11) is 0. The van der Waals surface area contributed by atoms with Crippen molar-refractivity contribution in [3.05, 3.63) is 41.5 Å². The molecule has 0 amide bonds. The van der Waals surface area contributed by atoms with Crippen molar-refractivity contribution < 1.29 is 9.13 Å². The topological polar surface area (TPSA) is 73.1 Å². The van der Waals surface area contributed by atoms with Gasteiger partial charge in [0.25, 0.3) is 0 Å². The average molecular weight is 276 g/mol. The predicted octanol–water partition coefficient (Wildman–Crippen LogP) is 2.91. The summed E-state index contributed by atoms with van der Waals surface area (Å²) in [4.78, 5) is 8.35. The number of nitrogens with zero attached hydrogens (tertiary/aromatic N) is 2. The van der Waals surface area contributed by atoms with Gasteiger partial charge in [-0.2, -0.15) is 4.98 Å². The normalized spacial score (nSPS) is 10.6. The van der Waals surface area contributed by atoms with Crippen molar-refractivity contribution in [1.29, 1.82) is 0 Å². The van der Waals surface area contributed by atoms with Crippen LogP contribution in [0.25, 0.3) is 10.2 Å². The summed E-state index contributed by atoms with van der Waals surface area (Å²) in [5.74, 6) is 6.15. The van der Waals surface area contributed by atoms with Crippen LogP contribution in [0.3, 0.4) is 0 Å². The Morgan fingerprint density at radius 2 is 1.95 bits per heavy atom. The molecule has 0 bridgehead atoms. The lowest BCUT2D eigenvalue weighted by molar-refractivity contribution is 0.468. The standard InChI is InChI=1S/C12H9FN4OS/c13-7-1-3-8(4-2-7)18-11-10-9(5-6-19-10)15-12(16-11)17-14/h1-6H,14H2,(H,15,16,17). The van der Waals surface area contributed by atoms with E-state index in [9.17, 15) is 4.39 Å². The molecule has 0 unspecified atom stereocenters. The molecule has 0 aliphatic carbocycles. The van der Waals surface area contributed by atoms with E-state index in [0.29, 0.717) is 11.6 Å². The largest absolute Gasteiger partial charge is 0.437 e. The summed E-state index contributed by atoms with van der Waals surface area (Å²) in [6.45, 7) is 0. The molecule has 0 saturated carbocycles. The minimum Gasteiger partial charge on any atom is -0.437 e. The molecule has 3 N–H and O–H groups in total. The number of thiophene rings is 1. The molecule has 0 atom stereocenters. The van der Waals surface area contributed by atoms with Gasteiger partial charge in [-0.25, -0.2) is 15.2 Å². The van der Waals surface area contributed by atoms with E-state index in [1.165, 1.54) is 35.6 Å². The van der Waals surface area contributed by atoms with Gasteiger partial charge in [0.15, 0.2) is 0 Å². The third-order valence-electron chi connectivity index (χ3n) is 2.43. The molecule has 0 radical (unpaired) electrons. The second-order valence-corrected chi connectivity index (χ2v) is 4.60. The van der Waals surface area contributed by atoms with Crippen LogP contribution < -0.4 is 16.0 Å². The Morgan fingerprint density at radius 3 is 2.68 bits per heavy atom. The molecule has 2 heterocycles. The van der Waals surface area contributed by atoms with Crippen molar-refractivity contribution in [3.8, 4) is 11.6 Å². The van der Waals surface area contributed by atoms with Crippen LogP contribution in [0.5, 0.6) is 11.6 Å². The van der Waals surface area contributed by atoms with Crippen LogP contribution in [0.2, 0.25) is 0 Å². The molecular formula is C12H9FN4OS. The first-order valence-corrected chi connectivity index (χ1v) is 6.29. The van der Waals surface area contributed by atoms with Crippen LogP contribution in [0.1, 0.15) is 0 Å². The fraction of sp³-hybridized carbons (Fsp3) is 0. The molecule has 7 heteroatoms. The van der Waals surface area contributed by atoms with Crippen LogP contribution in [-0.4, -0.2) is 9.97 Å². The van der Waals surface area contributed by atoms with Gasteiger partial charge in [-0.3, -0.25) is 5.43 Å². The molecule has 3 aromatic rings. The van der Waals surface area contributed by atoms with Crippen LogP contribution >= 0.6 is 11.3 Å². The number of ether oxygens (including phenoxy) is 1. The quantitative estimate of drug-likeness (QED) is 0.568. The zero-order chi connectivity index (χ0) is 13.2. The Morgan fingerprint density at radius 1 is 1.16 bits per heavy atom. The Hall–Kier alpha value is -2.25. The van der Waals surface area contributed by atoms with Gasteiger partial charge < -0.3 is 4.74 Å². The third-order valence-corrected chi connectivity index (χ3v) is 3.32. The second-order valence-electron chi connectivity index (χ2n) is 3.69. The number of aromatic nitrogens is 2. The first kappa shape index (κ1) is 11.8. The van der Waals surface area contributed by atoms with Crippen molar-refractivity contribution in [2.75, 3.05) is 5.43 Å². The van der Waals surface area contributed by atoms with Gasteiger partial charge in [-0.15, -0.1) is 11.3 Å². The summed E-state index contributed by atoms with van der Waals surface area (Å²) < 4.78 is 19.3. The van der Waals surface area contributed by atoms with Crippen LogP contribution in [-0.2, 0) is 0 Å². The van der Waals surface area contributed by atoms with Crippen molar-refractivity contribution in [3.63, 3.8) is 0 Å². The fourth-order valence-corrected chi connectivity index (χ4v) is 2.34. The maximum Gasteiger partial charge on any atom is 0.242 e. The van der Waals surface area contributed by atoms with E-state index in [0.717, 1.165) is 10.2 Å². The number of halogens is 1. The predicted molar refractivity (Wildman–Crippen MR) is 71.7 cm³/mol. The van der Waals surface area contributed by atoms with Crippen molar-refractivity contribution in [2.45, 2.75) is 0 Å². The van der Waals surface area contributed by atoms with Crippen molar-refractivity contribution in [1.82, 2.24) is 9.97 Å². The number of hydrogen-bond acceptors (Lipinski definition) is 6. The number of nitrogens with one attached hydrogen (secondary N) is 1. The van der Waals surface area contributed by atoms with Crippen LogP contribution in [0.4, 0.5) is 10.3 Å². The van der Waals surface area contributed by atoms with Crippen molar-refractivity contribution >= 4 is 27.5 Å². The van der Waals surface area contributed by atoms with Gasteiger partial charge in [0.05, 0.1) is 5.52 Å². The lowest BCUT2D eigenvalue weighted by Crippen LogP contribution is -2.10. The van der Waals surface area contributed by atoms with E-state index < -0.39 is 0 Å². The zero-order valence-electron chi connectivity index (χ0n) is 9.63. The van der Waals surface area contributed by atoms with Gasteiger partial charge in [0, 0.05) is 0 Å². The molecule has 96 valence electrons. The van der Waals surface area contributed by atoms with Gasteiger partial charge in [0.1, 0.15) is 16.3 Å². The Balaban J connectivity index is 2.03. The molecule has 19 heavy (non-hydrogen) atoms. The maximum absolute atomic E-state index is 12.8. The molecular weight excluding hydrogens is 267 g/mol. The summed E-state index contributed by atoms with van der Waals surface area (Å²) >= 11 is 1.46. The molecule has 5 nitrogen and oxygen atoms in total. The molecule has 2 aromatic heterocycles. The molecule has 0 spiro atoms. The summed E-state index contributed by atoms with van der Waals surface area (Å²) in [5, 5.41) is 1.89. The molecule has 0 saturated heterocycles. The van der Waals surface area contributed by atoms with Gasteiger partial charge in [0.2, 0.25) is 11.8 Å². The summed E-state index contributed by atoms with van der Waals surface area (Å²) in [6.07, 6.45) is 0. The number of nitrogen functional groups attached to an aromatic ring is 1. The number of hydrogen-bond donors (Lipinski definition) is 2. The molecule has 1 aromatic carbocycles. The van der Waals surface area contributed by atoms with Crippen molar-refractivity contribution in [2.24, 2.45) is 5.84 Å². The SMILES string of the molecule is NNc1nc(Oc2ccc(F)cc2)c2sccc2n1. The zero-order valence-corrected chi connectivity index (χ0v) is 10.4. The summed E-state index contributed by atoms with van der Waals surface area (Å²) in [5.41, 5.74) is 3.13. The first-order valence-electron chi connectivity index (χ1n) is 5.41. The van der Waals surface area contributed by atoms with E-state index >= 15 is 0 Å². The van der Waals surface area contributed by atoms with Gasteiger partial charge in [-0.05, 0) is 35.7 Å². The number of benzene rings is 1. The molecule has 0 aliphatic heterocycles. The lowest BCUT2D eigenvalue weighted by Gasteiger charge is -2.07. The molecule has 0 aliphatic rings. The average Bonchev–Trinajstić information content (AvgIpc) is 2.89. The highest BCUT2D eigenvalue weighted by Crippen LogP contribution is 2.32. The summed E-state index contributed by atoms with van der Waals surface area (Å²) in [6, 6.07) is 7.56. The number of rotatable bonds is 3. The fourth-order valence-electron chi connectivity index (χ4n) is 1.58. The molecule has 0 fully saturated rings. The van der Waals surface area contributed by atoms with Crippen LogP contribution in [0.15, 0.2) is 35.7 Å².